The quantitative estimate of drug-likeness (QED) is 0.383. The molecule has 1 N–H and O–H groups in total. The van der Waals surface area contributed by atoms with Gasteiger partial charge in [-0.25, -0.2) is 4.98 Å². The lowest BCUT2D eigenvalue weighted by molar-refractivity contribution is -0.141. The summed E-state index contributed by atoms with van der Waals surface area (Å²) in [6.07, 6.45) is -3.63. The molecule has 0 aliphatic carbocycles. The summed E-state index contributed by atoms with van der Waals surface area (Å²) in [5, 5.41) is 11.2. The Hall–Kier alpha value is -1.41. The van der Waals surface area contributed by atoms with Crippen LogP contribution in [0.1, 0.15) is 37.7 Å². The minimum absolute atomic E-state index is 0.00726. The van der Waals surface area contributed by atoms with Gasteiger partial charge < -0.3 is 9.63 Å². The minimum atomic E-state index is -4.56. The fourth-order valence-electron chi connectivity index (χ4n) is 1.44. The smallest absolute Gasteiger partial charge is 0.411 e. The lowest BCUT2D eigenvalue weighted by Crippen LogP contribution is -2.40. The third kappa shape index (κ3) is 4.81. The van der Waals surface area contributed by atoms with E-state index in [2.05, 4.69) is 10.1 Å². The molecular formula is C14H21F3N2O2Si. The Kier molecular flexibility index (Phi) is 5.40. The van der Waals surface area contributed by atoms with Crippen molar-refractivity contribution in [1.82, 2.24) is 4.98 Å². The van der Waals surface area contributed by atoms with Gasteiger partial charge in [-0.3, -0.25) is 0 Å². The zero-order chi connectivity index (χ0) is 17.2. The molecule has 1 rings (SSSR count). The largest absolute Gasteiger partial charge is 0.433 e. The number of hydrogen-bond acceptors (Lipinski definition) is 4. The molecule has 0 amide bonds. The van der Waals surface area contributed by atoms with E-state index in [0.29, 0.717) is 0 Å². The summed E-state index contributed by atoms with van der Waals surface area (Å²) in [7, 11) is -2.09. The lowest BCUT2D eigenvalue weighted by atomic mass is 10.2. The van der Waals surface area contributed by atoms with Crippen molar-refractivity contribution in [3.05, 3.63) is 29.1 Å². The Morgan fingerprint density at radius 3 is 2.32 bits per heavy atom. The van der Waals surface area contributed by atoms with Crippen LogP contribution in [0.5, 0.6) is 0 Å². The number of nitrogens with zero attached hydrogens (tertiary/aromatic N) is 2. The molecule has 0 fully saturated rings. The Morgan fingerprint density at radius 1 is 1.27 bits per heavy atom. The molecule has 1 aromatic rings. The van der Waals surface area contributed by atoms with Gasteiger partial charge in [-0.1, -0.05) is 25.9 Å². The van der Waals surface area contributed by atoms with Crippen LogP contribution in [-0.4, -0.2) is 24.7 Å². The zero-order valence-corrected chi connectivity index (χ0v) is 14.3. The van der Waals surface area contributed by atoms with Crippen LogP contribution in [0, 0.1) is 0 Å². The standard InChI is InChI=1S/C14H21F3N2O2Si/c1-13(2,3)22(4,5)21-9-11-6-10(8-18-20)7-12(19-11)14(15,16)17/h6-8,20H,9H2,1-5H3. The fourth-order valence-corrected chi connectivity index (χ4v) is 2.38. The lowest BCUT2D eigenvalue weighted by Gasteiger charge is -2.36. The molecule has 1 heterocycles. The molecule has 0 spiro atoms. The van der Waals surface area contributed by atoms with Crippen molar-refractivity contribution in [2.24, 2.45) is 5.16 Å². The third-order valence-electron chi connectivity index (χ3n) is 3.79. The van der Waals surface area contributed by atoms with E-state index in [-0.39, 0.29) is 22.9 Å². The Labute approximate surface area is 129 Å². The van der Waals surface area contributed by atoms with Crippen molar-refractivity contribution in [3.8, 4) is 0 Å². The van der Waals surface area contributed by atoms with E-state index in [1.165, 1.54) is 6.07 Å². The first-order valence-electron chi connectivity index (χ1n) is 6.76. The molecule has 0 radical (unpaired) electrons. The SMILES string of the molecule is CC(C)(C)[Si](C)(C)OCc1cc(C=NO)cc(C(F)(F)F)n1. The molecule has 0 atom stereocenters. The van der Waals surface area contributed by atoms with E-state index in [1.807, 2.05) is 33.9 Å². The van der Waals surface area contributed by atoms with Crippen molar-refractivity contribution < 1.29 is 22.8 Å². The molecule has 4 nitrogen and oxygen atoms in total. The maximum atomic E-state index is 12.9. The van der Waals surface area contributed by atoms with Crippen LogP contribution in [0.15, 0.2) is 17.3 Å². The molecule has 0 saturated heterocycles. The number of pyridine rings is 1. The predicted octanol–water partition coefficient (Wildman–Crippen LogP) is 4.43. The predicted molar refractivity (Wildman–Crippen MR) is 80.6 cm³/mol. The van der Waals surface area contributed by atoms with E-state index in [0.717, 1.165) is 12.3 Å². The second-order valence-electron chi connectivity index (χ2n) is 6.57. The Balaban J connectivity index is 3.07. The summed E-state index contributed by atoms with van der Waals surface area (Å²) < 4.78 is 44.4. The summed E-state index contributed by atoms with van der Waals surface area (Å²) in [6.45, 7) is 10.1. The first-order chi connectivity index (χ1) is 9.87. The number of alkyl halides is 3. The average molecular weight is 334 g/mol. The summed E-state index contributed by atoms with van der Waals surface area (Å²) >= 11 is 0. The first-order valence-corrected chi connectivity index (χ1v) is 9.67. The van der Waals surface area contributed by atoms with Crippen LogP contribution in [-0.2, 0) is 17.2 Å². The third-order valence-corrected chi connectivity index (χ3v) is 8.26. The number of oxime groups is 1. The van der Waals surface area contributed by atoms with Crippen LogP contribution < -0.4 is 0 Å². The van der Waals surface area contributed by atoms with E-state index in [4.69, 9.17) is 9.63 Å². The highest BCUT2D eigenvalue weighted by molar-refractivity contribution is 6.74. The Morgan fingerprint density at radius 2 is 1.86 bits per heavy atom. The summed E-state index contributed by atoms with van der Waals surface area (Å²) in [4.78, 5) is 3.60. The summed E-state index contributed by atoms with van der Waals surface area (Å²) in [5.41, 5.74) is -0.744. The molecule has 0 bridgehead atoms. The molecular weight excluding hydrogens is 313 g/mol. The summed E-state index contributed by atoms with van der Waals surface area (Å²) in [6, 6.07) is 2.25. The minimum Gasteiger partial charge on any atom is -0.411 e. The highest BCUT2D eigenvalue weighted by atomic mass is 28.4. The van der Waals surface area contributed by atoms with Crippen LogP contribution in [0.3, 0.4) is 0 Å². The van der Waals surface area contributed by atoms with Gasteiger partial charge in [-0.15, -0.1) is 0 Å². The average Bonchev–Trinajstić information content (AvgIpc) is 2.34. The van der Waals surface area contributed by atoms with Crippen molar-refractivity contribution >= 4 is 14.5 Å². The van der Waals surface area contributed by atoms with Gasteiger partial charge in [0, 0.05) is 5.56 Å². The molecule has 1 aromatic heterocycles. The second-order valence-corrected chi connectivity index (χ2v) is 11.4. The molecule has 0 aromatic carbocycles. The van der Waals surface area contributed by atoms with Crippen LogP contribution in [0.4, 0.5) is 13.2 Å². The van der Waals surface area contributed by atoms with Gasteiger partial charge in [0.05, 0.1) is 18.5 Å². The number of hydrogen-bond donors (Lipinski definition) is 1. The van der Waals surface area contributed by atoms with Gasteiger partial charge >= 0.3 is 6.18 Å². The van der Waals surface area contributed by atoms with E-state index in [9.17, 15) is 13.2 Å². The highest BCUT2D eigenvalue weighted by Gasteiger charge is 2.37. The van der Waals surface area contributed by atoms with Gasteiger partial charge in [0.25, 0.3) is 0 Å². The van der Waals surface area contributed by atoms with Gasteiger partial charge in [0.15, 0.2) is 8.32 Å². The molecule has 0 aliphatic heterocycles. The van der Waals surface area contributed by atoms with E-state index < -0.39 is 20.2 Å². The molecule has 0 saturated carbocycles. The normalized spacial score (nSPS) is 13.8. The second kappa shape index (κ2) is 6.37. The van der Waals surface area contributed by atoms with E-state index in [1.54, 1.807) is 0 Å². The topological polar surface area (TPSA) is 54.7 Å². The van der Waals surface area contributed by atoms with E-state index >= 15 is 0 Å². The van der Waals surface area contributed by atoms with Crippen LogP contribution in [0.2, 0.25) is 18.1 Å². The molecule has 22 heavy (non-hydrogen) atoms. The Bertz CT molecular complexity index is 552. The summed E-state index contributed by atoms with van der Waals surface area (Å²) in [5.74, 6) is 0. The zero-order valence-electron chi connectivity index (χ0n) is 13.3. The number of rotatable bonds is 4. The fraction of sp³-hybridized carbons (Fsp3) is 0.571. The molecule has 0 unspecified atom stereocenters. The van der Waals surface area contributed by atoms with Crippen LogP contribution >= 0.6 is 0 Å². The van der Waals surface area contributed by atoms with Gasteiger partial charge in [0.1, 0.15) is 5.69 Å². The molecule has 0 aliphatic rings. The number of aromatic nitrogens is 1. The van der Waals surface area contributed by atoms with Crippen molar-refractivity contribution in [3.63, 3.8) is 0 Å². The van der Waals surface area contributed by atoms with Crippen molar-refractivity contribution in [2.45, 2.75) is 51.7 Å². The van der Waals surface area contributed by atoms with Gasteiger partial charge in [-0.05, 0) is 30.3 Å². The number of halogens is 3. The van der Waals surface area contributed by atoms with Gasteiger partial charge in [0.2, 0.25) is 0 Å². The van der Waals surface area contributed by atoms with Crippen LogP contribution in [0.25, 0.3) is 0 Å². The monoisotopic (exact) mass is 334 g/mol. The van der Waals surface area contributed by atoms with Crippen molar-refractivity contribution in [2.75, 3.05) is 0 Å². The maximum Gasteiger partial charge on any atom is 0.433 e. The first kappa shape index (κ1) is 18.6. The molecule has 8 heteroatoms. The highest BCUT2D eigenvalue weighted by Crippen LogP contribution is 2.37. The van der Waals surface area contributed by atoms with Crippen molar-refractivity contribution in [1.29, 1.82) is 0 Å². The maximum absolute atomic E-state index is 12.9. The van der Waals surface area contributed by atoms with Gasteiger partial charge in [-0.2, -0.15) is 13.2 Å². The molecule has 124 valence electrons.